The van der Waals surface area contributed by atoms with Crippen molar-refractivity contribution in [1.29, 1.82) is 0 Å². The van der Waals surface area contributed by atoms with Crippen LogP contribution in [0.3, 0.4) is 0 Å². The van der Waals surface area contributed by atoms with Crippen molar-refractivity contribution in [2.24, 2.45) is 0 Å². The van der Waals surface area contributed by atoms with Crippen molar-refractivity contribution in [2.75, 3.05) is 0 Å². The number of benzene rings is 5. The summed E-state index contributed by atoms with van der Waals surface area (Å²) in [6.07, 6.45) is 1.83. The molecule has 0 unspecified atom stereocenters. The molecule has 7 aromatic rings. The minimum absolute atomic E-state index is 0. The molecule has 0 bridgehead atoms. The summed E-state index contributed by atoms with van der Waals surface area (Å²) in [7, 11) is 0. The minimum atomic E-state index is -0.127. The van der Waals surface area contributed by atoms with Gasteiger partial charge in [0, 0.05) is 48.2 Å². The molecular formula is C38H27IrN2-. The van der Waals surface area contributed by atoms with Gasteiger partial charge in [-0.1, -0.05) is 80.6 Å². The van der Waals surface area contributed by atoms with E-state index < -0.39 is 0 Å². The molecule has 0 saturated heterocycles. The Hall–Kier alpha value is -4.30. The Kier molecular flexibility index (Phi) is 6.05. The summed E-state index contributed by atoms with van der Waals surface area (Å²) in [5, 5.41) is 2.58. The van der Waals surface area contributed by atoms with Crippen LogP contribution in [0.5, 0.6) is 0 Å². The second-order valence-corrected chi connectivity index (χ2v) is 11.2. The van der Waals surface area contributed by atoms with E-state index in [-0.39, 0.29) is 25.5 Å². The van der Waals surface area contributed by atoms with Crippen molar-refractivity contribution in [3.8, 4) is 39.2 Å². The first-order chi connectivity index (χ1) is 19.6. The fourth-order valence-corrected chi connectivity index (χ4v) is 6.55. The van der Waals surface area contributed by atoms with E-state index in [0.717, 1.165) is 11.3 Å². The van der Waals surface area contributed by atoms with Crippen LogP contribution in [0.2, 0.25) is 0 Å². The predicted molar refractivity (Wildman–Crippen MR) is 166 cm³/mol. The molecule has 199 valence electrons. The Balaban J connectivity index is 0.00000276. The van der Waals surface area contributed by atoms with Crippen LogP contribution in [0.4, 0.5) is 0 Å². The zero-order chi connectivity index (χ0) is 26.8. The maximum atomic E-state index is 4.53. The number of nitrogens with zero attached hydrogens (tertiary/aromatic N) is 2. The van der Waals surface area contributed by atoms with E-state index >= 15 is 0 Å². The van der Waals surface area contributed by atoms with Gasteiger partial charge in [0.2, 0.25) is 0 Å². The second kappa shape index (κ2) is 9.66. The SMILES string of the molecule is CC1(C)c2cc(-c3cc[c-]c(-c4ccccn4)c3)ccc2-c2cc3c4ccccc4n(-c4ccccc4)c3cc21.[Ir]. The molecule has 8 rings (SSSR count). The third-order valence-electron chi connectivity index (χ3n) is 8.56. The maximum Gasteiger partial charge on any atom is 0.0544 e. The van der Waals surface area contributed by atoms with Crippen molar-refractivity contribution in [3.63, 3.8) is 0 Å². The molecule has 0 amide bonds. The van der Waals surface area contributed by atoms with Crippen molar-refractivity contribution in [3.05, 3.63) is 145 Å². The van der Waals surface area contributed by atoms with Gasteiger partial charge in [-0.3, -0.25) is 0 Å². The van der Waals surface area contributed by atoms with Crippen molar-refractivity contribution >= 4 is 21.8 Å². The Morgan fingerprint density at radius 1 is 0.634 bits per heavy atom. The Morgan fingerprint density at radius 3 is 2.22 bits per heavy atom. The summed E-state index contributed by atoms with van der Waals surface area (Å²) >= 11 is 0. The molecule has 3 heteroatoms. The molecule has 41 heavy (non-hydrogen) atoms. The van der Waals surface area contributed by atoms with Crippen LogP contribution < -0.4 is 0 Å². The first-order valence-corrected chi connectivity index (χ1v) is 13.8. The second-order valence-electron chi connectivity index (χ2n) is 11.2. The summed E-state index contributed by atoms with van der Waals surface area (Å²) in [6, 6.07) is 47.0. The molecule has 0 fully saturated rings. The summed E-state index contributed by atoms with van der Waals surface area (Å²) in [5.74, 6) is 0. The van der Waals surface area contributed by atoms with Gasteiger partial charge in [-0.15, -0.1) is 35.4 Å². The first kappa shape index (κ1) is 25.7. The van der Waals surface area contributed by atoms with Crippen LogP contribution in [-0.2, 0) is 25.5 Å². The summed E-state index contributed by atoms with van der Waals surface area (Å²) in [4.78, 5) is 4.53. The minimum Gasteiger partial charge on any atom is -0.309 e. The monoisotopic (exact) mass is 704 g/mol. The van der Waals surface area contributed by atoms with Gasteiger partial charge in [-0.05, 0) is 69.9 Å². The quantitative estimate of drug-likeness (QED) is 0.168. The first-order valence-electron chi connectivity index (χ1n) is 13.8. The molecule has 1 radical (unpaired) electrons. The molecule has 2 nitrogen and oxygen atoms in total. The standard InChI is InChI=1S/C38H27N2.Ir/c1-38(2)33-22-26(25-11-10-12-27(21-25)35-16-8-9-20-39-35)18-19-29(33)31-23-32-30-15-6-7-17-36(30)40(37(32)24-34(31)38)28-13-4-3-5-14-28;/h3-11,13-24H,1-2H3;/q-1;. The van der Waals surface area contributed by atoms with Gasteiger partial charge < -0.3 is 9.55 Å². The molecule has 0 aliphatic heterocycles. The zero-order valence-electron chi connectivity index (χ0n) is 22.9. The Labute approximate surface area is 253 Å². The number of para-hydroxylation sites is 2. The predicted octanol–water partition coefficient (Wildman–Crippen LogP) is 9.62. The van der Waals surface area contributed by atoms with E-state index in [9.17, 15) is 0 Å². The van der Waals surface area contributed by atoms with E-state index in [2.05, 4.69) is 127 Å². The smallest absolute Gasteiger partial charge is 0.0544 e. The van der Waals surface area contributed by atoms with E-state index in [1.807, 2.05) is 30.5 Å². The molecule has 0 spiro atoms. The summed E-state index contributed by atoms with van der Waals surface area (Å²) < 4.78 is 2.41. The average molecular weight is 704 g/mol. The van der Waals surface area contributed by atoms with Crippen LogP contribution in [0.25, 0.3) is 61.0 Å². The van der Waals surface area contributed by atoms with E-state index in [1.165, 1.54) is 60.9 Å². The number of hydrogen-bond acceptors (Lipinski definition) is 1. The summed E-state index contributed by atoms with van der Waals surface area (Å²) in [6.45, 7) is 4.72. The third kappa shape index (κ3) is 3.92. The van der Waals surface area contributed by atoms with Crippen LogP contribution in [0, 0.1) is 6.07 Å². The topological polar surface area (TPSA) is 17.8 Å². The number of fused-ring (bicyclic) bond motifs is 6. The normalized spacial score (nSPS) is 13.1. The van der Waals surface area contributed by atoms with Crippen LogP contribution in [0.1, 0.15) is 25.0 Å². The van der Waals surface area contributed by atoms with Crippen molar-refractivity contribution < 1.29 is 20.1 Å². The van der Waals surface area contributed by atoms with E-state index in [0.29, 0.717) is 0 Å². The Morgan fingerprint density at radius 2 is 1.39 bits per heavy atom. The van der Waals surface area contributed by atoms with Gasteiger partial charge in [0.25, 0.3) is 0 Å². The number of rotatable bonds is 3. The number of aromatic nitrogens is 2. The van der Waals surface area contributed by atoms with Crippen molar-refractivity contribution in [1.82, 2.24) is 9.55 Å². The van der Waals surface area contributed by atoms with Gasteiger partial charge in [0.15, 0.2) is 0 Å². The fraction of sp³-hybridized carbons (Fsp3) is 0.0789. The van der Waals surface area contributed by atoms with Gasteiger partial charge in [-0.25, -0.2) is 0 Å². The molecule has 1 aliphatic carbocycles. The molecule has 0 saturated carbocycles. The van der Waals surface area contributed by atoms with Crippen LogP contribution >= 0.6 is 0 Å². The van der Waals surface area contributed by atoms with Gasteiger partial charge >= 0.3 is 0 Å². The van der Waals surface area contributed by atoms with E-state index in [4.69, 9.17) is 0 Å². The van der Waals surface area contributed by atoms with Crippen LogP contribution in [0.15, 0.2) is 128 Å². The van der Waals surface area contributed by atoms with E-state index in [1.54, 1.807) is 0 Å². The molecule has 1 aliphatic rings. The molecule has 0 N–H and O–H groups in total. The Bertz CT molecular complexity index is 2070. The molecular weight excluding hydrogens is 677 g/mol. The number of hydrogen-bond donors (Lipinski definition) is 0. The molecule has 0 atom stereocenters. The van der Waals surface area contributed by atoms with Gasteiger partial charge in [0.1, 0.15) is 0 Å². The number of pyridine rings is 1. The molecule has 5 aromatic carbocycles. The zero-order valence-corrected chi connectivity index (χ0v) is 25.2. The van der Waals surface area contributed by atoms with Gasteiger partial charge in [-0.2, -0.15) is 0 Å². The van der Waals surface area contributed by atoms with Gasteiger partial charge in [0.05, 0.1) is 11.0 Å². The average Bonchev–Trinajstić information content (AvgIpc) is 3.45. The molecule has 2 aromatic heterocycles. The maximum absolute atomic E-state index is 4.53. The molecule has 2 heterocycles. The van der Waals surface area contributed by atoms with Crippen molar-refractivity contribution in [2.45, 2.75) is 19.3 Å². The summed E-state index contributed by atoms with van der Waals surface area (Å²) in [5.41, 5.74) is 13.3. The van der Waals surface area contributed by atoms with Crippen LogP contribution in [-0.4, -0.2) is 9.55 Å². The largest absolute Gasteiger partial charge is 0.309 e. The third-order valence-corrected chi connectivity index (χ3v) is 8.56. The fourth-order valence-electron chi connectivity index (χ4n) is 6.55.